The highest BCUT2D eigenvalue weighted by atomic mass is 19.4. The monoisotopic (exact) mass is 386 g/mol. The Balaban J connectivity index is 1.50. The lowest BCUT2D eigenvalue weighted by Crippen LogP contribution is -2.51. The summed E-state index contributed by atoms with van der Waals surface area (Å²) in [6.45, 7) is 4.07. The summed E-state index contributed by atoms with van der Waals surface area (Å²) in [4.78, 5) is 12.4. The van der Waals surface area contributed by atoms with Gasteiger partial charge in [-0.05, 0) is 99.7 Å². The van der Waals surface area contributed by atoms with Crippen molar-refractivity contribution in [2.24, 2.45) is 40.9 Å². The van der Waals surface area contributed by atoms with Crippen LogP contribution in [0.5, 0.6) is 0 Å². The number of alkyl halides is 3. The molecule has 0 bridgehead atoms. The van der Waals surface area contributed by atoms with Crippen molar-refractivity contribution < 1.29 is 23.1 Å². The van der Waals surface area contributed by atoms with Crippen molar-refractivity contribution in [1.29, 1.82) is 0 Å². The van der Waals surface area contributed by atoms with Crippen LogP contribution in [0.25, 0.3) is 0 Å². The fraction of sp³-hybridized carbons (Fsp3) is 0.955. The number of Topliss-reactive ketones (excluding diaryl/α,β-unsaturated/α-hetero) is 1. The van der Waals surface area contributed by atoms with Gasteiger partial charge in [0.1, 0.15) is 12.2 Å². The average molecular weight is 386 g/mol. The molecule has 154 valence electrons. The number of ketones is 1. The average Bonchev–Trinajstić information content (AvgIpc) is 2.89. The molecule has 5 heteroatoms. The summed E-state index contributed by atoms with van der Waals surface area (Å²) in [5.41, 5.74) is -0.768. The smallest absolute Gasteiger partial charge is 0.390 e. The Hall–Kier alpha value is -0.580. The first-order valence-corrected chi connectivity index (χ1v) is 10.8. The molecule has 4 aliphatic rings. The van der Waals surface area contributed by atoms with E-state index in [0.29, 0.717) is 36.0 Å². The van der Waals surface area contributed by atoms with Gasteiger partial charge in [-0.3, -0.25) is 4.79 Å². The van der Waals surface area contributed by atoms with Crippen molar-refractivity contribution in [3.8, 4) is 0 Å². The second kappa shape index (κ2) is 6.47. The SMILES string of the molecule is C[C@@]1(O)CCC2[C@H](CC[C@@H]3[C@@H]2CC[C@]2(C)[C@@H](C(=O)CC(F)(F)F)CC[C@@H]32)C1. The number of carbonyl (C=O) groups excluding carboxylic acids is 1. The van der Waals surface area contributed by atoms with Crippen LogP contribution < -0.4 is 0 Å². The maximum Gasteiger partial charge on any atom is 0.395 e. The van der Waals surface area contributed by atoms with Crippen molar-refractivity contribution in [3.63, 3.8) is 0 Å². The van der Waals surface area contributed by atoms with Gasteiger partial charge in [0, 0.05) is 5.92 Å². The Labute approximate surface area is 160 Å². The minimum atomic E-state index is -4.39. The van der Waals surface area contributed by atoms with Crippen LogP contribution in [0.3, 0.4) is 0 Å². The summed E-state index contributed by atoms with van der Waals surface area (Å²) in [6.07, 6.45) is 2.97. The zero-order chi connectivity index (χ0) is 19.6. The Bertz CT molecular complexity index is 599. The molecule has 0 radical (unpaired) electrons. The van der Waals surface area contributed by atoms with Crippen LogP contribution in [0, 0.1) is 40.9 Å². The highest BCUT2D eigenvalue weighted by Gasteiger charge is 2.59. The van der Waals surface area contributed by atoms with Crippen LogP contribution in [0.1, 0.15) is 78.1 Å². The molecule has 0 aromatic rings. The zero-order valence-corrected chi connectivity index (χ0v) is 16.5. The van der Waals surface area contributed by atoms with E-state index in [1.807, 2.05) is 6.92 Å². The summed E-state index contributed by atoms with van der Waals surface area (Å²) < 4.78 is 38.4. The molecule has 27 heavy (non-hydrogen) atoms. The van der Waals surface area contributed by atoms with Crippen LogP contribution >= 0.6 is 0 Å². The Morgan fingerprint density at radius 1 is 0.963 bits per heavy atom. The van der Waals surface area contributed by atoms with E-state index in [1.54, 1.807) is 0 Å². The standard InChI is InChI=1S/C22H33F3O2/c1-20(27)9-7-14-13(11-20)3-4-16-15(14)8-10-21(2)17(16)5-6-18(21)19(26)12-22(23,24)25/h13-18,27H,3-12H2,1-2H3/t13-,14?,15-,16-,17+,18-,20-,21+/m1/s1. The first kappa shape index (κ1) is 19.7. The number of aliphatic hydroxyl groups is 1. The predicted octanol–water partition coefficient (Wildman–Crippen LogP) is 5.53. The second-order valence-corrected chi connectivity index (χ2v) is 10.6. The maximum atomic E-state index is 12.8. The van der Waals surface area contributed by atoms with Gasteiger partial charge in [-0.2, -0.15) is 13.2 Å². The van der Waals surface area contributed by atoms with E-state index < -0.39 is 29.9 Å². The van der Waals surface area contributed by atoms with Crippen molar-refractivity contribution in [2.45, 2.75) is 89.8 Å². The molecule has 4 fully saturated rings. The lowest BCUT2D eigenvalue weighted by molar-refractivity contribution is -0.159. The summed E-state index contributed by atoms with van der Waals surface area (Å²) in [5.74, 6) is 1.90. The summed E-state index contributed by atoms with van der Waals surface area (Å²) in [6, 6.07) is 0. The third-order valence-electron chi connectivity index (χ3n) is 9.00. The fourth-order valence-corrected chi connectivity index (χ4v) is 7.93. The van der Waals surface area contributed by atoms with Gasteiger partial charge in [-0.25, -0.2) is 0 Å². The molecule has 0 aliphatic heterocycles. The van der Waals surface area contributed by atoms with E-state index in [1.165, 1.54) is 0 Å². The molecule has 4 rings (SSSR count). The van der Waals surface area contributed by atoms with Crippen molar-refractivity contribution >= 4 is 5.78 Å². The summed E-state index contributed by atoms with van der Waals surface area (Å²) in [7, 11) is 0. The molecule has 0 aromatic heterocycles. The number of fused-ring (bicyclic) bond motifs is 5. The molecule has 0 heterocycles. The minimum Gasteiger partial charge on any atom is -0.390 e. The highest BCUT2D eigenvalue weighted by Crippen LogP contribution is 2.64. The van der Waals surface area contributed by atoms with E-state index in [-0.39, 0.29) is 5.41 Å². The zero-order valence-electron chi connectivity index (χ0n) is 16.5. The van der Waals surface area contributed by atoms with E-state index in [0.717, 1.165) is 51.4 Å². The van der Waals surface area contributed by atoms with Crippen LogP contribution in [-0.2, 0) is 4.79 Å². The Kier molecular flexibility index (Phi) is 4.72. The quantitative estimate of drug-likeness (QED) is 0.678. The lowest BCUT2D eigenvalue weighted by Gasteiger charge is -2.56. The van der Waals surface area contributed by atoms with Crippen LogP contribution in [-0.4, -0.2) is 22.7 Å². The molecule has 4 saturated carbocycles. The molecular formula is C22H33F3O2. The largest absolute Gasteiger partial charge is 0.395 e. The first-order chi connectivity index (χ1) is 12.5. The molecule has 0 aromatic carbocycles. The number of hydrogen-bond donors (Lipinski definition) is 1. The maximum absolute atomic E-state index is 12.8. The van der Waals surface area contributed by atoms with Crippen molar-refractivity contribution in [1.82, 2.24) is 0 Å². The summed E-state index contributed by atoms with van der Waals surface area (Å²) >= 11 is 0. The highest BCUT2D eigenvalue weighted by molar-refractivity contribution is 5.82. The van der Waals surface area contributed by atoms with Gasteiger partial charge in [0.05, 0.1) is 5.60 Å². The van der Waals surface area contributed by atoms with E-state index in [9.17, 15) is 23.1 Å². The number of carbonyl (C=O) groups is 1. The molecule has 0 amide bonds. The normalized spacial score (nSPS) is 49.9. The topological polar surface area (TPSA) is 37.3 Å². The van der Waals surface area contributed by atoms with Gasteiger partial charge in [0.2, 0.25) is 0 Å². The second-order valence-electron chi connectivity index (χ2n) is 10.6. The van der Waals surface area contributed by atoms with E-state index in [4.69, 9.17) is 0 Å². The third kappa shape index (κ3) is 3.47. The number of hydrogen-bond acceptors (Lipinski definition) is 2. The molecule has 4 aliphatic carbocycles. The molecule has 1 unspecified atom stereocenters. The lowest BCUT2D eigenvalue weighted by atomic mass is 9.49. The summed E-state index contributed by atoms with van der Waals surface area (Å²) in [5, 5.41) is 10.5. The molecule has 2 nitrogen and oxygen atoms in total. The van der Waals surface area contributed by atoms with Crippen LogP contribution in [0.2, 0.25) is 0 Å². The van der Waals surface area contributed by atoms with Gasteiger partial charge in [-0.1, -0.05) is 6.92 Å². The van der Waals surface area contributed by atoms with Crippen LogP contribution in [0.4, 0.5) is 13.2 Å². The van der Waals surface area contributed by atoms with E-state index >= 15 is 0 Å². The fourth-order valence-electron chi connectivity index (χ4n) is 7.93. The Morgan fingerprint density at radius 2 is 1.67 bits per heavy atom. The number of rotatable bonds is 2. The van der Waals surface area contributed by atoms with Gasteiger partial charge in [-0.15, -0.1) is 0 Å². The van der Waals surface area contributed by atoms with Gasteiger partial charge < -0.3 is 5.11 Å². The molecular weight excluding hydrogens is 353 g/mol. The molecule has 8 atom stereocenters. The first-order valence-electron chi connectivity index (χ1n) is 10.8. The van der Waals surface area contributed by atoms with E-state index in [2.05, 4.69) is 6.92 Å². The van der Waals surface area contributed by atoms with Crippen LogP contribution in [0.15, 0.2) is 0 Å². The van der Waals surface area contributed by atoms with Crippen molar-refractivity contribution in [3.05, 3.63) is 0 Å². The third-order valence-corrected chi connectivity index (χ3v) is 9.00. The predicted molar refractivity (Wildman–Crippen MR) is 96.9 cm³/mol. The van der Waals surface area contributed by atoms with Gasteiger partial charge >= 0.3 is 6.18 Å². The van der Waals surface area contributed by atoms with Crippen molar-refractivity contribution in [2.75, 3.05) is 0 Å². The number of halogens is 3. The Morgan fingerprint density at radius 3 is 2.37 bits per heavy atom. The molecule has 0 spiro atoms. The molecule has 1 N–H and O–H groups in total. The van der Waals surface area contributed by atoms with Gasteiger partial charge in [0.25, 0.3) is 0 Å². The molecule has 0 saturated heterocycles. The minimum absolute atomic E-state index is 0.240. The van der Waals surface area contributed by atoms with Gasteiger partial charge in [0.15, 0.2) is 0 Å².